The van der Waals surface area contributed by atoms with Crippen molar-refractivity contribution in [2.24, 2.45) is 35.5 Å². The van der Waals surface area contributed by atoms with Crippen molar-refractivity contribution in [2.75, 3.05) is 0 Å². The molecule has 0 saturated heterocycles. The lowest BCUT2D eigenvalue weighted by atomic mass is 9.73. The highest BCUT2D eigenvalue weighted by Gasteiger charge is 2.25. The molecule has 0 aromatic carbocycles. The van der Waals surface area contributed by atoms with E-state index in [9.17, 15) is 0 Å². The van der Waals surface area contributed by atoms with Crippen LogP contribution in [0.25, 0.3) is 0 Å². The Labute approximate surface area is 104 Å². The maximum Gasteiger partial charge on any atom is -0.0386 e. The molecule has 0 nitrogen and oxygen atoms in total. The van der Waals surface area contributed by atoms with Gasteiger partial charge >= 0.3 is 0 Å². The number of hydrogen-bond donors (Lipinski definition) is 0. The first-order valence-electron chi connectivity index (χ1n) is 7.27. The monoisotopic (exact) mass is 226 g/mol. The topological polar surface area (TPSA) is 0 Å². The summed E-state index contributed by atoms with van der Waals surface area (Å²) in [5.41, 5.74) is 0. The quantitative estimate of drug-likeness (QED) is 0.528. The zero-order valence-electron chi connectivity index (χ0n) is 12.9. The molecule has 0 bridgehead atoms. The highest BCUT2D eigenvalue weighted by molar-refractivity contribution is 4.74. The minimum Gasteiger partial charge on any atom is -0.0628 e. The van der Waals surface area contributed by atoms with Gasteiger partial charge in [-0.2, -0.15) is 0 Å². The van der Waals surface area contributed by atoms with Crippen LogP contribution in [0.3, 0.4) is 0 Å². The molecule has 0 amide bonds. The summed E-state index contributed by atoms with van der Waals surface area (Å²) in [5, 5.41) is 0. The average Bonchev–Trinajstić information content (AvgIpc) is 2.22. The Bertz CT molecular complexity index is 169. The Morgan fingerprint density at radius 3 is 1.44 bits per heavy atom. The molecule has 0 aliphatic carbocycles. The van der Waals surface area contributed by atoms with E-state index in [0.717, 1.165) is 35.5 Å². The molecule has 0 spiro atoms. The van der Waals surface area contributed by atoms with E-state index in [1.165, 1.54) is 12.8 Å². The standard InChI is InChI=1S/C16H34/c1-11(2)9-10-13(5)15(7)16(8)14(6)12(3)4/h11-16H,9-10H2,1-8H3. The highest BCUT2D eigenvalue weighted by atomic mass is 14.3. The van der Waals surface area contributed by atoms with Crippen molar-refractivity contribution in [3.8, 4) is 0 Å². The second kappa shape index (κ2) is 7.35. The normalized spacial score (nSPS) is 19.9. The van der Waals surface area contributed by atoms with E-state index < -0.39 is 0 Å². The summed E-state index contributed by atoms with van der Waals surface area (Å²) in [7, 11) is 0. The zero-order chi connectivity index (χ0) is 12.9. The first-order chi connectivity index (χ1) is 7.27. The molecule has 98 valence electrons. The molecule has 0 aliphatic rings. The molecular weight excluding hydrogens is 192 g/mol. The van der Waals surface area contributed by atoms with E-state index in [0.29, 0.717) is 0 Å². The maximum absolute atomic E-state index is 2.45. The number of rotatable bonds is 7. The Hall–Kier alpha value is 0. The average molecular weight is 226 g/mol. The van der Waals surface area contributed by atoms with Gasteiger partial charge < -0.3 is 0 Å². The lowest BCUT2D eigenvalue weighted by Crippen LogP contribution is -2.25. The van der Waals surface area contributed by atoms with Gasteiger partial charge in [-0.3, -0.25) is 0 Å². The van der Waals surface area contributed by atoms with Crippen molar-refractivity contribution in [1.29, 1.82) is 0 Å². The van der Waals surface area contributed by atoms with Crippen LogP contribution < -0.4 is 0 Å². The fourth-order valence-electron chi connectivity index (χ4n) is 2.46. The van der Waals surface area contributed by atoms with Crippen LogP contribution in [0.4, 0.5) is 0 Å². The predicted octanol–water partition coefficient (Wildman–Crippen LogP) is 5.62. The Kier molecular flexibility index (Phi) is 7.35. The Morgan fingerprint density at radius 1 is 0.562 bits per heavy atom. The summed E-state index contributed by atoms with van der Waals surface area (Å²) in [4.78, 5) is 0. The van der Waals surface area contributed by atoms with Gasteiger partial charge in [-0.05, 0) is 35.5 Å². The summed E-state index contributed by atoms with van der Waals surface area (Å²) in [6, 6.07) is 0. The summed E-state index contributed by atoms with van der Waals surface area (Å²) >= 11 is 0. The van der Waals surface area contributed by atoms with Gasteiger partial charge in [0.05, 0.1) is 0 Å². The van der Waals surface area contributed by atoms with Crippen LogP contribution in [0.2, 0.25) is 0 Å². The van der Waals surface area contributed by atoms with Gasteiger partial charge in [0.1, 0.15) is 0 Å². The van der Waals surface area contributed by atoms with Crippen LogP contribution in [0.5, 0.6) is 0 Å². The second-order valence-corrected chi connectivity index (χ2v) is 6.77. The van der Waals surface area contributed by atoms with Crippen LogP contribution >= 0.6 is 0 Å². The highest BCUT2D eigenvalue weighted by Crippen LogP contribution is 2.33. The summed E-state index contributed by atoms with van der Waals surface area (Å²) in [6.45, 7) is 19.1. The van der Waals surface area contributed by atoms with Crippen LogP contribution in [-0.2, 0) is 0 Å². The van der Waals surface area contributed by atoms with E-state index in [1.807, 2.05) is 0 Å². The lowest BCUT2D eigenvalue weighted by molar-refractivity contribution is 0.167. The maximum atomic E-state index is 2.45. The molecule has 0 heterocycles. The van der Waals surface area contributed by atoms with Gasteiger partial charge in [-0.15, -0.1) is 0 Å². The molecule has 0 aliphatic heterocycles. The molecule has 0 rings (SSSR count). The van der Waals surface area contributed by atoms with Crippen LogP contribution in [0.15, 0.2) is 0 Å². The molecule has 0 N–H and O–H groups in total. The molecular formula is C16H34. The van der Waals surface area contributed by atoms with Crippen molar-refractivity contribution in [2.45, 2.75) is 68.2 Å². The fourth-order valence-corrected chi connectivity index (χ4v) is 2.46. The Morgan fingerprint density at radius 2 is 1.06 bits per heavy atom. The first kappa shape index (κ1) is 16.0. The van der Waals surface area contributed by atoms with Crippen molar-refractivity contribution in [3.63, 3.8) is 0 Å². The SMILES string of the molecule is CC(C)CCC(C)C(C)C(C)C(C)C(C)C. The van der Waals surface area contributed by atoms with Gasteiger partial charge in [0.15, 0.2) is 0 Å². The first-order valence-corrected chi connectivity index (χ1v) is 7.27. The third-order valence-corrected chi connectivity index (χ3v) is 4.81. The predicted molar refractivity (Wildman–Crippen MR) is 75.6 cm³/mol. The molecule has 0 heteroatoms. The van der Waals surface area contributed by atoms with Crippen molar-refractivity contribution in [1.82, 2.24) is 0 Å². The molecule has 0 saturated carbocycles. The molecule has 4 unspecified atom stereocenters. The van der Waals surface area contributed by atoms with Crippen molar-refractivity contribution >= 4 is 0 Å². The molecule has 0 radical (unpaired) electrons. The van der Waals surface area contributed by atoms with Crippen molar-refractivity contribution < 1.29 is 0 Å². The third-order valence-electron chi connectivity index (χ3n) is 4.81. The van der Waals surface area contributed by atoms with E-state index in [4.69, 9.17) is 0 Å². The van der Waals surface area contributed by atoms with E-state index >= 15 is 0 Å². The van der Waals surface area contributed by atoms with Gasteiger partial charge in [0.25, 0.3) is 0 Å². The third kappa shape index (κ3) is 5.37. The second-order valence-electron chi connectivity index (χ2n) is 6.77. The Balaban J connectivity index is 4.15. The molecule has 0 aromatic heterocycles. The summed E-state index contributed by atoms with van der Waals surface area (Å²) < 4.78 is 0. The zero-order valence-corrected chi connectivity index (χ0v) is 12.9. The van der Waals surface area contributed by atoms with Gasteiger partial charge in [0.2, 0.25) is 0 Å². The lowest BCUT2D eigenvalue weighted by Gasteiger charge is -2.33. The van der Waals surface area contributed by atoms with Gasteiger partial charge in [-0.25, -0.2) is 0 Å². The minimum absolute atomic E-state index is 0.815. The van der Waals surface area contributed by atoms with Crippen LogP contribution in [0, 0.1) is 35.5 Å². The largest absolute Gasteiger partial charge is 0.0628 e. The molecule has 4 atom stereocenters. The fraction of sp³-hybridized carbons (Fsp3) is 1.00. The molecule has 16 heavy (non-hydrogen) atoms. The minimum atomic E-state index is 0.815. The number of hydrogen-bond acceptors (Lipinski definition) is 0. The van der Waals surface area contributed by atoms with Crippen molar-refractivity contribution in [3.05, 3.63) is 0 Å². The van der Waals surface area contributed by atoms with E-state index in [2.05, 4.69) is 55.4 Å². The van der Waals surface area contributed by atoms with Gasteiger partial charge in [0, 0.05) is 0 Å². The van der Waals surface area contributed by atoms with E-state index in [-0.39, 0.29) is 0 Å². The van der Waals surface area contributed by atoms with Gasteiger partial charge in [-0.1, -0.05) is 68.2 Å². The van der Waals surface area contributed by atoms with Crippen LogP contribution in [0.1, 0.15) is 68.2 Å². The molecule has 0 aromatic rings. The smallest absolute Gasteiger partial charge is 0.0386 e. The summed E-state index contributed by atoms with van der Waals surface area (Å²) in [5.74, 6) is 5.09. The summed E-state index contributed by atoms with van der Waals surface area (Å²) in [6.07, 6.45) is 2.78. The molecule has 0 fully saturated rings. The van der Waals surface area contributed by atoms with E-state index in [1.54, 1.807) is 0 Å². The van der Waals surface area contributed by atoms with Crippen LogP contribution in [-0.4, -0.2) is 0 Å².